The van der Waals surface area contributed by atoms with Crippen molar-refractivity contribution < 1.29 is 9.66 Å². The van der Waals surface area contributed by atoms with Gasteiger partial charge in [0, 0.05) is 11.8 Å². The van der Waals surface area contributed by atoms with Crippen LogP contribution in [0.3, 0.4) is 0 Å². The van der Waals surface area contributed by atoms with Crippen molar-refractivity contribution in [2.24, 2.45) is 0 Å². The second-order valence-electron chi connectivity index (χ2n) is 4.09. The van der Waals surface area contributed by atoms with E-state index in [1.807, 2.05) is 12.1 Å². The van der Waals surface area contributed by atoms with E-state index < -0.39 is 4.92 Å². The lowest BCUT2D eigenvalue weighted by Gasteiger charge is -2.12. The molecule has 0 spiro atoms. The van der Waals surface area contributed by atoms with Gasteiger partial charge in [-0.3, -0.25) is 21.0 Å². The Morgan fingerprint density at radius 2 is 2.00 bits per heavy atom. The molecule has 0 aliphatic rings. The van der Waals surface area contributed by atoms with Crippen LogP contribution in [0.5, 0.6) is 5.75 Å². The van der Waals surface area contributed by atoms with Crippen LogP contribution in [0.2, 0.25) is 0 Å². The van der Waals surface area contributed by atoms with Crippen molar-refractivity contribution in [1.82, 2.24) is 10.4 Å². The number of hydrazine groups is 1. The summed E-state index contributed by atoms with van der Waals surface area (Å²) >= 11 is 5.11. The third kappa shape index (κ3) is 4.28. The Hall–Kier alpha value is -2.94. The maximum Gasteiger partial charge on any atom is 0.287 e. The number of methoxy groups -OCH3 is 1. The number of benzene rings is 1. The van der Waals surface area contributed by atoms with Crippen LogP contribution in [0, 0.1) is 10.1 Å². The van der Waals surface area contributed by atoms with Crippen LogP contribution >= 0.6 is 12.2 Å². The molecule has 22 heavy (non-hydrogen) atoms. The number of anilines is 2. The van der Waals surface area contributed by atoms with Crippen LogP contribution in [0.1, 0.15) is 0 Å². The highest BCUT2D eigenvalue weighted by Crippen LogP contribution is 2.15. The second kappa shape index (κ2) is 7.18. The van der Waals surface area contributed by atoms with Gasteiger partial charge in [0.2, 0.25) is 0 Å². The van der Waals surface area contributed by atoms with Gasteiger partial charge in [0.05, 0.1) is 12.0 Å². The van der Waals surface area contributed by atoms with Crippen molar-refractivity contribution in [2.75, 3.05) is 17.9 Å². The van der Waals surface area contributed by atoms with Gasteiger partial charge in [0.25, 0.3) is 5.69 Å². The molecule has 9 heteroatoms. The molecule has 0 fully saturated rings. The Morgan fingerprint density at radius 1 is 1.27 bits per heavy atom. The molecule has 3 N–H and O–H groups in total. The summed E-state index contributed by atoms with van der Waals surface area (Å²) in [7, 11) is 1.59. The Kier molecular flexibility index (Phi) is 5.04. The lowest BCUT2D eigenvalue weighted by atomic mass is 10.3. The van der Waals surface area contributed by atoms with Crippen LogP contribution in [0.4, 0.5) is 17.2 Å². The standard InChI is InChI=1S/C13H13N5O3S/c1-21-11-5-2-9(3-6-11)15-13(22)17-16-12-7-4-10(8-14-12)18(19)20/h2-8H,1H3,(H,14,16)(H2,15,17,22). The second-order valence-corrected chi connectivity index (χ2v) is 4.50. The number of thiocarbonyl (C=S) groups is 1. The number of hydrogen-bond acceptors (Lipinski definition) is 6. The highest BCUT2D eigenvalue weighted by Gasteiger charge is 2.05. The molecule has 0 unspecified atom stereocenters. The first-order valence-corrected chi connectivity index (χ1v) is 6.57. The highest BCUT2D eigenvalue weighted by molar-refractivity contribution is 7.80. The van der Waals surface area contributed by atoms with Gasteiger partial charge in [0.1, 0.15) is 17.8 Å². The zero-order valence-corrected chi connectivity index (χ0v) is 12.4. The minimum atomic E-state index is -0.514. The highest BCUT2D eigenvalue weighted by atomic mass is 32.1. The fourth-order valence-corrected chi connectivity index (χ4v) is 1.69. The number of nitrogens with one attached hydrogen (secondary N) is 3. The molecule has 114 valence electrons. The molecule has 0 saturated carbocycles. The minimum absolute atomic E-state index is 0.0792. The molecule has 0 radical (unpaired) electrons. The van der Waals surface area contributed by atoms with Gasteiger partial charge in [-0.1, -0.05) is 0 Å². The average Bonchev–Trinajstić information content (AvgIpc) is 2.54. The number of nitro groups is 1. The van der Waals surface area contributed by atoms with Gasteiger partial charge in [-0.25, -0.2) is 4.98 Å². The Bertz CT molecular complexity index is 660. The Balaban J connectivity index is 1.85. The monoisotopic (exact) mass is 319 g/mol. The van der Waals surface area contributed by atoms with Crippen molar-refractivity contribution in [3.63, 3.8) is 0 Å². The quantitative estimate of drug-likeness (QED) is 0.438. The molecular weight excluding hydrogens is 306 g/mol. The van der Waals surface area contributed by atoms with E-state index in [1.54, 1.807) is 19.2 Å². The Morgan fingerprint density at radius 3 is 2.55 bits per heavy atom. The predicted molar refractivity (Wildman–Crippen MR) is 86.9 cm³/mol. The van der Waals surface area contributed by atoms with Gasteiger partial charge in [0.15, 0.2) is 5.11 Å². The van der Waals surface area contributed by atoms with Crippen molar-refractivity contribution in [3.8, 4) is 5.75 Å². The van der Waals surface area contributed by atoms with E-state index >= 15 is 0 Å². The number of ether oxygens (including phenoxy) is 1. The number of pyridine rings is 1. The summed E-state index contributed by atoms with van der Waals surface area (Å²) in [5.74, 6) is 1.15. The zero-order valence-electron chi connectivity index (χ0n) is 11.6. The van der Waals surface area contributed by atoms with E-state index in [9.17, 15) is 10.1 Å². The normalized spacial score (nSPS) is 9.68. The number of hydrogen-bond donors (Lipinski definition) is 3. The van der Waals surface area contributed by atoms with Gasteiger partial charge in [-0.05, 0) is 42.5 Å². The maximum absolute atomic E-state index is 10.5. The molecule has 2 rings (SSSR count). The molecule has 0 bridgehead atoms. The van der Waals surface area contributed by atoms with Crippen LogP contribution in [0.25, 0.3) is 0 Å². The minimum Gasteiger partial charge on any atom is -0.497 e. The summed E-state index contributed by atoms with van der Waals surface area (Å²) in [6.45, 7) is 0. The lowest BCUT2D eigenvalue weighted by Crippen LogP contribution is -2.33. The molecule has 0 atom stereocenters. The maximum atomic E-state index is 10.5. The first-order valence-electron chi connectivity index (χ1n) is 6.16. The summed E-state index contributed by atoms with van der Waals surface area (Å²) in [4.78, 5) is 13.9. The van der Waals surface area contributed by atoms with Crippen molar-refractivity contribution in [2.45, 2.75) is 0 Å². The number of rotatable bonds is 5. The topological polar surface area (TPSA) is 101 Å². The lowest BCUT2D eigenvalue weighted by molar-refractivity contribution is -0.385. The van der Waals surface area contributed by atoms with Crippen molar-refractivity contribution in [3.05, 3.63) is 52.7 Å². The van der Waals surface area contributed by atoms with E-state index in [4.69, 9.17) is 17.0 Å². The van der Waals surface area contributed by atoms with Crippen LogP contribution in [-0.4, -0.2) is 22.1 Å². The summed E-state index contributed by atoms with van der Waals surface area (Å²) in [6, 6.07) is 10.1. The van der Waals surface area contributed by atoms with Crippen LogP contribution in [-0.2, 0) is 0 Å². The SMILES string of the molecule is COc1ccc(NC(=S)NNc2ccc([N+](=O)[O-])cn2)cc1. The summed E-state index contributed by atoms with van der Waals surface area (Å²) in [5, 5.41) is 13.8. The number of nitrogens with zero attached hydrogens (tertiary/aromatic N) is 2. The molecule has 0 amide bonds. The largest absolute Gasteiger partial charge is 0.497 e. The first kappa shape index (κ1) is 15.4. The molecule has 8 nitrogen and oxygen atoms in total. The summed E-state index contributed by atoms with van der Waals surface area (Å²) in [5.41, 5.74) is 6.18. The third-order valence-electron chi connectivity index (χ3n) is 2.61. The molecule has 0 saturated heterocycles. The number of aromatic nitrogens is 1. The van der Waals surface area contributed by atoms with Gasteiger partial charge < -0.3 is 10.1 Å². The Labute approximate surface area is 131 Å². The van der Waals surface area contributed by atoms with Crippen LogP contribution < -0.4 is 20.9 Å². The molecule has 0 aliphatic carbocycles. The van der Waals surface area contributed by atoms with Gasteiger partial charge in [-0.2, -0.15) is 0 Å². The molecule has 1 aromatic carbocycles. The average molecular weight is 319 g/mol. The summed E-state index contributed by atoms with van der Waals surface area (Å²) < 4.78 is 5.06. The van der Waals surface area contributed by atoms with E-state index in [2.05, 4.69) is 21.2 Å². The van der Waals surface area contributed by atoms with Gasteiger partial charge in [-0.15, -0.1) is 0 Å². The molecule has 0 aliphatic heterocycles. The zero-order chi connectivity index (χ0) is 15.9. The van der Waals surface area contributed by atoms with E-state index in [1.165, 1.54) is 12.1 Å². The molecule has 1 heterocycles. The fraction of sp³-hybridized carbons (Fsp3) is 0.0769. The van der Waals surface area contributed by atoms with E-state index in [0.29, 0.717) is 10.9 Å². The van der Waals surface area contributed by atoms with Crippen LogP contribution in [0.15, 0.2) is 42.6 Å². The van der Waals surface area contributed by atoms with Gasteiger partial charge >= 0.3 is 0 Å². The molecule has 1 aromatic heterocycles. The van der Waals surface area contributed by atoms with E-state index in [0.717, 1.165) is 17.6 Å². The van der Waals surface area contributed by atoms with Crippen molar-refractivity contribution >= 4 is 34.5 Å². The predicted octanol–water partition coefficient (Wildman–Crippen LogP) is 2.31. The van der Waals surface area contributed by atoms with E-state index in [-0.39, 0.29) is 5.69 Å². The first-order chi connectivity index (χ1) is 10.6. The smallest absolute Gasteiger partial charge is 0.287 e. The third-order valence-corrected chi connectivity index (χ3v) is 2.81. The molecular formula is C13H13N5O3S. The summed E-state index contributed by atoms with van der Waals surface area (Å²) in [6.07, 6.45) is 1.16. The molecule has 2 aromatic rings. The van der Waals surface area contributed by atoms with Crippen molar-refractivity contribution in [1.29, 1.82) is 0 Å². The fourth-order valence-electron chi connectivity index (χ4n) is 1.53.